The number of fused-ring (bicyclic) bond motifs is 2. The Morgan fingerprint density at radius 2 is 1.15 bits per heavy atom. The van der Waals surface area contributed by atoms with Crippen molar-refractivity contribution in [1.82, 2.24) is 9.97 Å². The van der Waals surface area contributed by atoms with Crippen LogP contribution in [0.5, 0.6) is 11.5 Å². The van der Waals surface area contributed by atoms with Crippen LogP contribution in [0.4, 0.5) is 0 Å². The number of pyridine rings is 2. The monoisotopic (exact) mass is 481 g/mol. The molecular weight excluding hydrogens is 474 g/mol. The predicted octanol–water partition coefficient (Wildman–Crippen LogP) is 6.15. The Labute approximate surface area is 172 Å². The Morgan fingerprint density at radius 1 is 0.692 bits per heavy atom. The molecule has 0 unspecified atom stereocenters. The molecule has 8 heteroatoms. The van der Waals surface area contributed by atoms with Crippen molar-refractivity contribution in [1.29, 1.82) is 0 Å². The molecular formula is C18H10Cl3N2O2Zr. The zero-order valence-electron chi connectivity index (χ0n) is 13.1. The second-order valence-corrected chi connectivity index (χ2v) is 10.2. The van der Waals surface area contributed by atoms with Gasteiger partial charge in [-0.05, 0) is 0 Å². The molecule has 129 valence electrons. The van der Waals surface area contributed by atoms with E-state index in [9.17, 15) is 0 Å². The molecule has 0 spiro atoms. The van der Waals surface area contributed by atoms with Gasteiger partial charge in [0.1, 0.15) is 0 Å². The van der Waals surface area contributed by atoms with Crippen LogP contribution in [0.3, 0.4) is 0 Å². The Morgan fingerprint density at radius 3 is 1.62 bits per heavy atom. The van der Waals surface area contributed by atoms with Crippen LogP contribution in [0.15, 0.2) is 60.9 Å². The van der Waals surface area contributed by atoms with Crippen LogP contribution in [0.2, 0.25) is 10.0 Å². The van der Waals surface area contributed by atoms with Gasteiger partial charge >= 0.3 is 173 Å². The van der Waals surface area contributed by atoms with Crippen molar-refractivity contribution in [3.8, 4) is 11.5 Å². The van der Waals surface area contributed by atoms with Crippen LogP contribution in [0.25, 0.3) is 21.8 Å². The summed E-state index contributed by atoms with van der Waals surface area (Å²) >= 11 is 9.24. The first kappa shape index (κ1) is 18.0. The molecule has 0 aliphatic rings. The van der Waals surface area contributed by atoms with Crippen LogP contribution in [0.1, 0.15) is 0 Å². The van der Waals surface area contributed by atoms with E-state index < -0.39 is 21.4 Å². The summed E-state index contributed by atoms with van der Waals surface area (Å²) < 4.78 is 11.9. The molecule has 0 N–H and O–H groups in total. The zero-order valence-corrected chi connectivity index (χ0v) is 17.8. The van der Waals surface area contributed by atoms with Crippen LogP contribution in [-0.4, -0.2) is 9.97 Å². The Kier molecular flexibility index (Phi) is 5.33. The molecule has 0 fully saturated rings. The van der Waals surface area contributed by atoms with Gasteiger partial charge in [-0.25, -0.2) is 0 Å². The Hall–Kier alpha value is -1.39. The van der Waals surface area contributed by atoms with Gasteiger partial charge in [0.05, 0.1) is 0 Å². The molecule has 0 bridgehead atoms. The van der Waals surface area contributed by atoms with Crippen molar-refractivity contribution in [3.63, 3.8) is 0 Å². The molecule has 0 saturated heterocycles. The van der Waals surface area contributed by atoms with Gasteiger partial charge < -0.3 is 0 Å². The minimum absolute atomic E-state index is 0.429. The molecule has 0 radical (unpaired) electrons. The summed E-state index contributed by atoms with van der Waals surface area (Å²) in [6.45, 7) is 0. The summed E-state index contributed by atoms with van der Waals surface area (Å²) in [5.41, 5.74) is 1.29. The van der Waals surface area contributed by atoms with E-state index in [1.54, 1.807) is 24.5 Å². The van der Waals surface area contributed by atoms with Crippen molar-refractivity contribution < 1.29 is 27.1 Å². The predicted molar refractivity (Wildman–Crippen MR) is 101 cm³/mol. The molecule has 2 aromatic heterocycles. The molecule has 0 atom stereocenters. The zero-order chi connectivity index (χ0) is 18.1. The topological polar surface area (TPSA) is 44.2 Å². The summed E-state index contributed by atoms with van der Waals surface area (Å²) in [7, 11) is 6.47. The summed E-state index contributed by atoms with van der Waals surface area (Å²) in [6.07, 6.45) is 3.35. The van der Waals surface area contributed by atoms with Crippen LogP contribution in [0, 0.1) is 0 Å². The van der Waals surface area contributed by atoms with Gasteiger partial charge in [0, 0.05) is 0 Å². The maximum atomic E-state index is 6.47. The summed E-state index contributed by atoms with van der Waals surface area (Å²) in [4.78, 5) is 8.68. The van der Waals surface area contributed by atoms with E-state index in [1.165, 1.54) is 0 Å². The number of rotatable bonds is 4. The number of nitrogens with zero attached hydrogens (tertiary/aromatic N) is 2. The van der Waals surface area contributed by atoms with Gasteiger partial charge in [-0.15, -0.1) is 0 Å². The van der Waals surface area contributed by atoms with E-state index in [0.717, 1.165) is 10.8 Å². The van der Waals surface area contributed by atoms with E-state index in [2.05, 4.69) is 9.97 Å². The van der Waals surface area contributed by atoms with E-state index in [0.29, 0.717) is 32.6 Å². The fourth-order valence-corrected chi connectivity index (χ4v) is 6.08. The quantitative estimate of drug-likeness (QED) is 0.349. The van der Waals surface area contributed by atoms with Crippen molar-refractivity contribution in [2.75, 3.05) is 0 Å². The third-order valence-corrected chi connectivity index (χ3v) is 7.03. The van der Waals surface area contributed by atoms with Crippen molar-refractivity contribution in [2.24, 2.45) is 0 Å². The summed E-state index contributed by atoms with van der Waals surface area (Å²) in [6, 6.07) is 14.8. The van der Waals surface area contributed by atoms with Crippen molar-refractivity contribution >= 4 is 53.5 Å². The van der Waals surface area contributed by atoms with Gasteiger partial charge in [0.2, 0.25) is 0 Å². The van der Waals surface area contributed by atoms with Gasteiger partial charge in [-0.1, -0.05) is 0 Å². The van der Waals surface area contributed by atoms with Crippen molar-refractivity contribution in [3.05, 3.63) is 71.0 Å². The molecule has 0 amide bonds. The number of halogens is 3. The van der Waals surface area contributed by atoms with Crippen LogP contribution in [-0.2, 0) is 21.4 Å². The molecule has 4 rings (SSSR count). The molecule has 0 aliphatic carbocycles. The molecule has 2 heterocycles. The first-order valence-electron chi connectivity index (χ1n) is 7.58. The Bertz CT molecular complexity index is 1020. The molecule has 0 aliphatic heterocycles. The minimum atomic E-state index is -3.34. The third-order valence-electron chi connectivity index (χ3n) is 3.72. The van der Waals surface area contributed by atoms with E-state index in [-0.39, 0.29) is 0 Å². The summed E-state index contributed by atoms with van der Waals surface area (Å²) in [5.74, 6) is 0.858. The molecule has 26 heavy (non-hydrogen) atoms. The molecule has 0 saturated carbocycles. The fraction of sp³-hybridized carbons (Fsp3) is 0. The average Bonchev–Trinajstić information content (AvgIpc) is 2.66. The number of benzene rings is 2. The summed E-state index contributed by atoms with van der Waals surface area (Å²) in [5, 5.41) is 2.68. The average molecular weight is 484 g/mol. The second kappa shape index (κ2) is 7.69. The van der Waals surface area contributed by atoms with E-state index in [1.807, 2.05) is 36.4 Å². The van der Waals surface area contributed by atoms with E-state index in [4.69, 9.17) is 37.3 Å². The van der Waals surface area contributed by atoms with Gasteiger partial charge in [0.15, 0.2) is 0 Å². The fourth-order valence-electron chi connectivity index (χ4n) is 2.56. The van der Waals surface area contributed by atoms with Crippen molar-refractivity contribution in [2.45, 2.75) is 0 Å². The number of hydrogen-bond donors (Lipinski definition) is 0. The van der Waals surface area contributed by atoms with Crippen LogP contribution >= 0.6 is 31.7 Å². The Balaban J connectivity index is 1.68. The van der Waals surface area contributed by atoms with Crippen LogP contribution < -0.4 is 5.63 Å². The van der Waals surface area contributed by atoms with Gasteiger partial charge in [0.25, 0.3) is 0 Å². The maximum absolute atomic E-state index is 6.47. The molecule has 4 nitrogen and oxygen atoms in total. The second-order valence-electron chi connectivity index (χ2n) is 5.35. The van der Waals surface area contributed by atoms with Gasteiger partial charge in [-0.2, -0.15) is 0 Å². The van der Waals surface area contributed by atoms with E-state index >= 15 is 0 Å². The number of hydrogen-bond acceptors (Lipinski definition) is 4. The molecule has 4 aromatic rings. The first-order chi connectivity index (χ1) is 12.6. The molecule has 2 aromatic carbocycles. The van der Waals surface area contributed by atoms with Gasteiger partial charge in [-0.3, -0.25) is 0 Å². The standard InChI is InChI=1S/2C9H6ClNO.ClH.Zr/c2*10-7-4-3-6-2-1-5-11-8(6)9(7)12;;/h2*1-5,12H;1H;/q;;;+3/p-3. The SMILES string of the molecule is Clc1ccc2cccnc2c1[O][Zr]([Cl])[O]c1c(Cl)ccc2cccnc12. The normalized spacial score (nSPS) is 10.9. The number of aromatic nitrogens is 2. The first-order valence-corrected chi connectivity index (χ1v) is 13.5. The third kappa shape index (κ3) is 3.54.